The molecule has 0 aliphatic heterocycles. The molecule has 0 radical (unpaired) electrons. The van der Waals surface area contributed by atoms with Gasteiger partial charge in [-0.05, 0) is 53.4 Å². The molecule has 0 bridgehead atoms. The van der Waals surface area contributed by atoms with E-state index in [1.807, 2.05) is 0 Å². The Hall–Kier alpha value is -2.02. The van der Waals surface area contributed by atoms with Crippen LogP contribution in [0.15, 0.2) is 34.9 Å². The number of thioether (sulfide) groups is 1. The number of carboxylic acids is 2. The Morgan fingerprint density at radius 2 is 1.39 bits per heavy atom. The SMILES string of the molecule is CC(C)=CCC/C(C)=C/CC/C(C)=C/CSC[C@H](NC(=O)[C@@H](C)[C@H](C)C(=O)O)C(=O)O. The smallest absolute Gasteiger partial charge is 0.327 e. The molecule has 31 heavy (non-hydrogen) atoms. The molecule has 0 aromatic heterocycles. The van der Waals surface area contributed by atoms with E-state index in [1.54, 1.807) is 0 Å². The number of carboxylic acid groups (broad SMARTS) is 2. The maximum absolute atomic E-state index is 12.1. The lowest BCUT2D eigenvalue weighted by atomic mass is 9.95. The number of nitrogens with one attached hydrogen (secondary N) is 1. The van der Waals surface area contributed by atoms with Crippen LogP contribution in [0.5, 0.6) is 0 Å². The van der Waals surface area contributed by atoms with E-state index >= 15 is 0 Å². The summed E-state index contributed by atoms with van der Waals surface area (Å²) in [6.45, 7) is 11.4. The van der Waals surface area contributed by atoms with E-state index in [-0.39, 0.29) is 5.75 Å². The first-order valence-corrected chi connectivity index (χ1v) is 11.9. The normalized spacial score (nSPS) is 15.0. The lowest BCUT2D eigenvalue weighted by molar-refractivity contribution is -0.147. The van der Waals surface area contributed by atoms with Crippen LogP contribution >= 0.6 is 11.8 Å². The summed E-state index contributed by atoms with van der Waals surface area (Å²) in [4.78, 5) is 34.6. The van der Waals surface area contributed by atoms with E-state index in [0.29, 0.717) is 5.75 Å². The zero-order chi connectivity index (χ0) is 24.0. The van der Waals surface area contributed by atoms with Crippen molar-refractivity contribution in [2.75, 3.05) is 11.5 Å². The van der Waals surface area contributed by atoms with E-state index in [9.17, 15) is 19.5 Å². The molecule has 3 N–H and O–H groups in total. The minimum Gasteiger partial charge on any atom is -0.481 e. The molecular formula is C24H39NO5S. The van der Waals surface area contributed by atoms with Crippen molar-refractivity contribution in [3.05, 3.63) is 34.9 Å². The highest BCUT2D eigenvalue weighted by atomic mass is 32.2. The Balaban J connectivity index is 4.41. The molecule has 0 heterocycles. The van der Waals surface area contributed by atoms with Crippen molar-refractivity contribution in [2.24, 2.45) is 11.8 Å². The Morgan fingerprint density at radius 3 is 1.90 bits per heavy atom. The number of hydrogen-bond donors (Lipinski definition) is 3. The van der Waals surface area contributed by atoms with E-state index in [0.717, 1.165) is 25.7 Å². The topological polar surface area (TPSA) is 104 Å². The van der Waals surface area contributed by atoms with Crippen molar-refractivity contribution in [1.82, 2.24) is 5.32 Å². The van der Waals surface area contributed by atoms with E-state index in [4.69, 9.17) is 5.11 Å². The van der Waals surface area contributed by atoms with Gasteiger partial charge in [0.05, 0.1) is 5.92 Å². The monoisotopic (exact) mass is 453 g/mol. The minimum atomic E-state index is -1.12. The summed E-state index contributed by atoms with van der Waals surface area (Å²) in [5.41, 5.74) is 3.99. The molecule has 3 atom stereocenters. The molecule has 0 saturated carbocycles. The van der Waals surface area contributed by atoms with Crippen molar-refractivity contribution in [3.63, 3.8) is 0 Å². The van der Waals surface area contributed by atoms with E-state index < -0.39 is 35.7 Å². The summed E-state index contributed by atoms with van der Waals surface area (Å²) in [7, 11) is 0. The number of carbonyl (C=O) groups is 3. The molecule has 0 aromatic carbocycles. The molecule has 176 valence electrons. The van der Waals surface area contributed by atoms with Crippen molar-refractivity contribution in [2.45, 2.75) is 73.3 Å². The van der Waals surface area contributed by atoms with E-state index in [1.165, 1.54) is 42.3 Å². The Kier molecular flexibility index (Phi) is 14.7. The van der Waals surface area contributed by atoms with Crippen molar-refractivity contribution in [1.29, 1.82) is 0 Å². The molecule has 0 aromatic rings. The third kappa shape index (κ3) is 13.8. The Bertz CT molecular complexity index is 692. The largest absolute Gasteiger partial charge is 0.481 e. The lowest BCUT2D eigenvalue weighted by Crippen LogP contribution is -2.46. The van der Waals surface area contributed by atoms with Crippen molar-refractivity contribution >= 4 is 29.6 Å². The number of amides is 1. The first-order chi connectivity index (χ1) is 14.5. The van der Waals surface area contributed by atoms with Gasteiger partial charge in [-0.2, -0.15) is 11.8 Å². The second-order valence-corrected chi connectivity index (χ2v) is 9.39. The minimum absolute atomic E-state index is 0.225. The third-order valence-electron chi connectivity index (χ3n) is 5.12. The molecule has 0 fully saturated rings. The zero-order valence-electron chi connectivity index (χ0n) is 19.7. The fourth-order valence-electron chi connectivity index (χ4n) is 2.64. The molecule has 0 unspecified atom stereocenters. The van der Waals surface area contributed by atoms with Crippen LogP contribution in [-0.4, -0.2) is 45.6 Å². The van der Waals surface area contributed by atoms with E-state index in [2.05, 4.69) is 51.2 Å². The molecule has 0 aliphatic carbocycles. The summed E-state index contributed by atoms with van der Waals surface area (Å²) in [6.07, 6.45) is 10.7. The number of carbonyl (C=O) groups excluding carboxylic acids is 1. The summed E-state index contributed by atoms with van der Waals surface area (Å²) < 4.78 is 0. The maximum atomic E-state index is 12.1. The highest BCUT2D eigenvalue weighted by Crippen LogP contribution is 2.14. The molecule has 1 amide bonds. The van der Waals surface area contributed by atoms with Crippen LogP contribution in [0.1, 0.15) is 67.2 Å². The summed E-state index contributed by atoms with van der Waals surface area (Å²) in [5, 5.41) is 20.8. The maximum Gasteiger partial charge on any atom is 0.327 e. The van der Waals surface area contributed by atoms with Crippen LogP contribution < -0.4 is 5.32 Å². The van der Waals surface area contributed by atoms with Crippen LogP contribution in [-0.2, 0) is 14.4 Å². The van der Waals surface area contributed by atoms with Crippen molar-refractivity contribution < 1.29 is 24.6 Å². The zero-order valence-corrected chi connectivity index (χ0v) is 20.6. The van der Waals surface area contributed by atoms with Gasteiger partial charge in [0.25, 0.3) is 0 Å². The summed E-state index contributed by atoms with van der Waals surface area (Å²) in [6, 6.07) is -1.04. The first-order valence-electron chi connectivity index (χ1n) is 10.7. The van der Waals surface area contributed by atoms with Gasteiger partial charge in [-0.1, -0.05) is 48.8 Å². The highest BCUT2D eigenvalue weighted by Gasteiger charge is 2.29. The predicted octanol–water partition coefficient (Wildman–Crippen LogP) is 5.07. The molecule has 0 spiro atoms. The van der Waals surface area contributed by atoms with Crippen molar-refractivity contribution in [3.8, 4) is 0 Å². The summed E-state index contributed by atoms with van der Waals surface area (Å²) >= 11 is 1.43. The lowest BCUT2D eigenvalue weighted by Gasteiger charge is -2.19. The van der Waals surface area contributed by atoms with Gasteiger partial charge in [0.2, 0.25) is 5.91 Å². The van der Waals surface area contributed by atoms with Gasteiger partial charge in [0.15, 0.2) is 0 Å². The van der Waals surface area contributed by atoms with Crippen LogP contribution in [0, 0.1) is 11.8 Å². The van der Waals surface area contributed by atoms with Crippen LogP contribution in [0.25, 0.3) is 0 Å². The molecule has 7 heteroatoms. The molecular weight excluding hydrogens is 414 g/mol. The standard InChI is InChI=1S/C24H39NO5S/c1-16(2)9-7-10-17(3)11-8-12-18(4)13-14-31-15-21(24(29)30)25-22(26)19(5)20(6)23(27)28/h9,11,13,19-21H,7-8,10,12,14-15H2,1-6H3,(H,25,26)(H,27,28)(H,29,30)/b17-11+,18-13+/t19-,20-,21-/m0/s1. The predicted molar refractivity (Wildman–Crippen MR) is 128 cm³/mol. The molecule has 0 aliphatic rings. The Morgan fingerprint density at radius 1 is 0.839 bits per heavy atom. The van der Waals surface area contributed by atoms with Gasteiger partial charge >= 0.3 is 11.9 Å². The number of aliphatic carboxylic acids is 2. The second-order valence-electron chi connectivity index (χ2n) is 8.31. The van der Waals surface area contributed by atoms with Crippen LogP contribution in [0.4, 0.5) is 0 Å². The van der Waals surface area contributed by atoms with Gasteiger partial charge in [-0.25, -0.2) is 4.79 Å². The van der Waals surface area contributed by atoms with Crippen LogP contribution in [0.2, 0.25) is 0 Å². The number of rotatable bonds is 15. The number of allylic oxidation sites excluding steroid dienone is 5. The van der Waals surface area contributed by atoms with Gasteiger partial charge in [-0.15, -0.1) is 0 Å². The first kappa shape index (κ1) is 29.0. The average molecular weight is 454 g/mol. The highest BCUT2D eigenvalue weighted by molar-refractivity contribution is 7.99. The van der Waals surface area contributed by atoms with Gasteiger partial charge in [0.1, 0.15) is 6.04 Å². The van der Waals surface area contributed by atoms with Gasteiger partial charge in [0, 0.05) is 17.4 Å². The molecule has 0 saturated heterocycles. The molecule has 0 rings (SSSR count). The molecule has 6 nitrogen and oxygen atoms in total. The fourth-order valence-corrected chi connectivity index (χ4v) is 3.64. The Labute approximate surface area is 191 Å². The number of hydrogen-bond acceptors (Lipinski definition) is 4. The van der Waals surface area contributed by atoms with Crippen LogP contribution in [0.3, 0.4) is 0 Å². The fraction of sp³-hybridized carbons (Fsp3) is 0.625. The van der Waals surface area contributed by atoms with Gasteiger partial charge < -0.3 is 15.5 Å². The average Bonchev–Trinajstić information content (AvgIpc) is 2.68. The quantitative estimate of drug-likeness (QED) is 0.236. The second kappa shape index (κ2) is 15.7. The summed E-state index contributed by atoms with van der Waals surface area (Å²) in [5.74, 6) is -3.55. The third-order valence-corrected chi connectivity index (χ3v) is 6.10. The van der Waals surface area contributed by atoms with Gasteiger partial charge in [-0.3, -0.25) is 9.59 Å².